The van der Waals surface area contributed by atoms with Crippen LogP contribution in [0.25, 0.3) is 0 Å². The van der Waals surface area contributed by atoms with Crippen molar-refractivity contribution in [1.82, 2.24) is 0 Å². The molecule has 180 valence electrons. The summed E-state index contributed by atoms with van der Waals surface area (Å²) in [6.45, 7) is 12.0. The average molecular weight is 674 g/mol. The number of hydrogen-bond acceptors (Lipinski definition) is 0. The fraction of sp³-hybridized carbons (Fsp3) is 0.700. The third kappa shape index (κ3) is 20.2. The Kier molecular flexibility index (Phi) is 50.2. The minimum Gasteiger partial charge on any atom is -0.358 e. The predicted molar refractivity (Wildman–Crippen MR) is 143 cm³/mol. The summed E-state index contributed by atoms with van der Waals surface area (Å²) in [5.41, 5.74) is 0. The van der Waals surface area contributed by atoms with E-state index in [2.05, 4.69) is 36.5 Å². The van der Waals surface area contributed by atoms with Gasteiger partial charge in [0, 0.05) is 0 Å². The molecule has 0 heterocycles. The normalized spacial score (nSPS) is 29.6. The molecule has 3 saturated carbocycles. The standard InChI is InChI=1S/C7H12.C7H10.C7H8.3C2H6.3CH3.3Rb/c3*1-2-7-4-3-6(1)5-7;3*1-2;;;;;;/h6-7H,1-5H2;1-2,6-7H,3-5H2;1-4,6-7H,5H2;3*1-2H3;3*1H3;;;/q;;;;;;3*-1;3*+1. The zero-order valence-electron chi connectivity index (χ0n) is 25.3. The summed E-state index contributed by atoms with van der Waals surface area (Å²) in [7, 11) is 0. The molecule has 2 atom stereocenters. The molecule has 0 amide bonds. The number of allylic oxidation sites excluding steroid dienone is 6. The van der Waals surface area contributed by atoms with E-state index in [1.165, 1.54) is 37.5 Å². The fourth-order valence-corrected chi connectivity index (χ4v) is 5.22. The Morgan fingerprint density at radius 1 is 0.394 bits per heavy atom. The van der Waals surface area contributed by atoms with Crippen molar-refractivity contribution in [2.75, 3.05) is 0 Å². The van der Waals surface area contributed by atoms with Crippen LogP contribution in [-0.2, 0) is 0 Å². The Bertz CT molecular complexity index is 395. The summed E-state index contributed by atoms with van der Waals surface area (Å²) in [4.78, 5) is 0. The zero-order chi connectivity index (χ0) is 20.1. The van der Waals surface area contributed by atoms with Gasteiger partial charge in [0.1, 0.15) is 0 Å². The molecule has 0 aromatic carbocycles. The van der Waals surface area contributed by atoms with E-state index in [1.54, 1.807) is 32.1 Å². The van der Waals surface area contributed by atoms with Crippen molar-refractivity contribution < 1.29 is 175 Å². The van der Waals surface area contributed by atoms with Crippen LogP contribution >= 0.6 is 0 Å². The van der Waals surface area contributed by atoms with Gasteiger partial charge in [-0.2, -0.15) is 0 Å². The molecule has 6 bridgehead atoms. The smallest absolute Gasteiger partial charge is 0.358 e. The van der Waals surface area contributed by atoms with Gasteiger partial charge in [0.05, 0.1) is 0 Å². The van der Waals surface area contributed by atoms with Crippen LogP contribution in [-0.4, -0.2) is 0 Å². The molecular weight excluding hydrogens is 617 g/mol. The summed E-state index contributed by atoms with van der Waals surface area (Å²) >= 11 is 0. The first-order valence-electron chi connectivity index (χ1n) is 12.4. The molecule has 3 heteroatoms. The van der Waals surface area contributed by atoms with Gasteiger partial charge in [0.25, 0.3) is 0 Å². The van der Waals surface area contributed by atoms with E-state index in [1.807, 2.05) is 41.5 Å². The third-order valence-electron chi connectivity index (χ3n) is 6.56. The SMILES string of the molecule is C1=CC2C=CC1C2.C1=CC2CCC1C2.C1CC2CCC1C2.CC.CC.CC.[CH3-].[CH3-].[CH3-].[Rb+].[Rb+].[Rb+]. The van der Waals surface area contributed by atoms with E-state index in [0.29, 0.717) is 0 Å². The van der Waals surface area contributed by atoms with Crippen molar-refractivity contribution >= 4 is 0 Å². The van der Waals surface area contributed by atoms with Gasteiger partial charge in [-0.15, -0.1) is 0 Å². The van der Waals surface area contributed by atoms with Crippen LogP contribution in [0, 0.1) is 57.8 Å². The molecular formula is C30H57Rb3. The molecule has 6 aliphatic carbocycles. The van der Waals surface area contributed by atoms with Crippen LogP contribution in [0.15, 0.2) is 36.5 Å². The fourth-order valence-electron chi connectivity index (χ4n) is 5.22. The molecule has 0 nitrogen and oxygen atoms in total. The van der Waals surface area contributed by atoms with Gasteiger partial charge in [-0.3, -0.25) is 0 Å². The molecule has 33 heavy (non-hydrogen) atoms. The van der Waals surface area contributed by atoms with Crippen LogP contribution in [0.2, 0.25) is 0 Å². The Morgan fingerprint density at radius 2 is 0.697 bits per heavy atom. The predicted octanol–water partition coefficient (Wildman–Crippen LogP) is 1.36. The maximum atomic E-state index is 2.38. The van der Waals surface area contributed by atoms with Crippen LogP contribution in [0.3, 0.4) is 0 Å². The summed E-state index contributed by atoms with van der Waals surface area (Å²) in [6.07, 6.45) is 27.6. The summed E-state index contributed by atoms with van der Waals surface area (Å²) in [6, 6.07) is 0. The molecule has 0 aromatic rings. The van der Waals surface area contributed by atoms with Gasteiger partial charge in [-0.25, -0.2) is 0 Å². The number of fused-ring (bicyclic) bond motifs is 6. The second-order valence-corrected chi connectivity index (χ2v) is 8.17. The first-order valence-corrected chi connectivity index (χ1v) is 12.4. The van der Waals surface area contributed by atoms with Gasteiger partial charge in [0.15, 0.2) is 0 Å². The topological polar surface area (TPSA) is 0 Å². The Labute approximate surface area is 359 Å². The zero-order valence-corrected chi connectivity index (χ0v) is 40.0. The van der Waals surface area contributed by atoms with E-state index in [4.69, 9.17) is 0 Å². The van der Waals surface area contributed by atoms with Crippen LogP contribution in [0.4, 0.5) is 0 Å². The summed E-state index contributed by atoms with van der Waals surface area (Å²) in [5.74, 6) is 5.94. The molecule has 3 fully saturated rings. The van der Waals surface area contributed by atoms with Crippen molar-refractivity contribution in [3.63, 3.8) is 0 Å². The van der Waals surface area contributed by atoms with Crippen molar-refractivity contribution in [2.24, 2.45) is 35.5 Å². The minimum absolute atomic E-state index is 0. The van der Waals surface area contributed by atoms with E-state index in [9.17, 15) is 0 Å². The van der Waals surface area contributed by atoms with Crippen LogP contribution in [0.1, 0.15) is 99.3 Å². The van der Waals surface area contributed by atoms with Gasteiger partial charge >= 0.3 is 175 Å². The van der Waals surface area contributed by atoms with E-state index in [0.717, 1.165) is 23.7 Å². The first-order chi connectivity index (χ1) is 13.3. The van der Waals surface area contributed by atoms with Gasteiger partial charge in [-0.05, 0) is 67.6 Å². The van der Waals surface area contributed by atoms with Crippen molar-refractivity contribution in [1.29, 1.82) is 0 Å². The molecule has 0 aromatic heterocycles. The van der Waals surface area contributed by atoms with Gasteiger partial charge in [-0.1, -0.05) is 104 Å². The molecule has 0 N–H and O–H groups in total. The maximum Gasteiger partial charge on any atom is 1.00 e. The maximum absolute atomic E-state index is 2.38. The molecule has 6 aliphatic rings. The molecule has 0 radical (unpaired) electrons. The summed E-state index contributed by atoms with van der Waals surface area (Å²) < 4.78 is 0. The summed E-state index contributed by atoms with van der Waals surface area (Å²) in [5, 5.41) is 0. The Morgan fingerprint density at radius 3 is 0.788 bits per heavy atom. The molecule has 2 unspecified atom stereocenters. The van der Waals surface area contributed by atoms with Gasteiger partial charge in [0.2, 0.25) is 0 Å². The van der Waals surface area contributed by atoms with Crippen molar-refractivity contribution in [3.8, 4) is 0 Å². The van der Waals surface area contributed by atoms with E-state index >= 15 is 0 Å². The van der Waals surface area contributed by atoms with Crippen LogP contribution < -0.4 is 175 Å². The van der Waals surface area contributed by atoms with E-state index in [-0.39, 0.29) is 197 Å². The first kappa shape index (κ1) is 50.5. The van der Waals surface area contributed by atoms with E-state index < -0.39 is 0 Å². The Balaban J connectivity index is -0.0000000688. The number of rotatable bonds is 0. The van der Waals surface area contributed by atoms with Crippen molar-refractivity contribution in [2.45, 2.75) is 99.3 Å². The van der Waals surface area contributed by atoms with Crippen molar-refractivity contribution in [3.05, 3.63) is 58.7 Å². The number of hydrogen-bond donors (Lipinski definition) is 0. The third-order valence-corrected chi connectivity index (χ3v) is 6.56. The molecule has 0 aliphatic heterocycles. The quantitative estimate of drug-likeness (QED) is 0.269. The monoisotopic (exact) mass is 672 g/mol. The molecule has 0 spiro atoms. The Hall–Kier alpha value is 4.64. The second kappa shape index (κ2) is 32.8. The largest absolute Gasteiger partial charge is 1.00 e. The minimum atomic E-state index is 0. The second-order valence-electron chi connectivity index (χ2n) is 8.17. The molecule has 0 saturated heterocycles. The van der Waals surface area contributed by atoms with Gasteiger partial charge < -0.3 is 22.3 Å². The molecule has 6 rings (SSSR count). The average Bonchev–Trinajstić information content (AvgIpc) is 3.62. The van der Waals surface area contributed by atoms with Crippen LogP contribution in [0.5, 0.6) is 0 Å².